The summed E-state index contributed by atoms with van der Waals surface area (Å²) in [6.07, 6.45) is 10.7. The predicted octanol–water partition coefficient (Wildman–Crippen LogP) is 7.39. The van der Waals surface area contributed by atoms with Crippen molar-refractivity contribution >= 4 is 69.1 Å². The Morgan fingerprint density at radius 2 is 1.28 bits per heavy atom. The maximum Gasteiger partial charge on any atom is 0.335 e. The number of aromatic carboxylic acids is 1. The van der Waals surface area contributed by atoms with Crippen molar-refractivity contribution in [3.05, 3.63) is 124 Å². The normalized spacial score (nSPS) is 18.9. The predicted molar refractivity (Wildman–Crippen MR) is 246 cm³/mol. The highest BCUT2D eigenvalue weighted by Gasteiger charge is 2.45. The third-order valence-electron chi connectivity index (χ3n) is 12.2. The van der Waals surface area contributed by atoms with E-state index in [1.807, 2.05) is 61.5 Å². The monoisotopic (exact) mass is 973 g/mol. The molecule has 0 aromatic heterocycles. The number of anilines is 1. The van der Waals surface area contributed by atoms with Crippen molar-refractivity contribution in [1.82, 2.24) is 0 Å². The van der Waals surface area contributed by atoms with Crippen LogP contribution in [0.2, 0.25) is 0 Å². The smallest absolute Gasteiger partial charge is 0.335 e. The molecule has 0 amide bonds. The molecule has 1 aliphatic carbocycles. The fourth-order valence-corrected chi connectivity index (χ4v) is 11.1. The number of nitrogens with zero attached hydrogens (tertiary/aromatic N) is 2. The second-order valence-corrected chi connectivity index (χ2v) is 23.4. The molecule has 0 bridgehead atoms. The van der Waals surface area contributed by atoms with Crippen molar-refractivity contribution in [2.24, 2.45) is 0 Å². The van der Waals surface area contributed by atoms with Crippen LogP contribution in [0.5, 0.6) is 0 Å². The van der Waals surface area contributed by atoms with E-state index in [0.29, 0.717) is 67.7 Å². The Bertz CT molecular complexity index is 3040. The number of allylic oxidation sites excluding steroid dienone is 8. The van der Waals surface area contributed by atoms with E-state index in [1.54, 1.807) is 24.3 Å². The summed E-state index contributed by atoms with van der Waals surface area (Å²) in [5.41, 5.74) is 5.83. The Morgan fingerprint density at radius 3 is 1.86 bits per heavy atom. The molecule has 0 saturated carbocycles. The van der Waals surface area contributed by atoms with Crippen molar-refractivity contribution in [3.63, 3.8) is 0 Å². The van der Waals surface area contributed by atoms with Crippen LogP contribution in [-0.4, -0.2) is 97.8 Å². The minimum Gasteiger partial charge on any atom is -0.478 e. The van der Waals surface area contributed by atoms with Crippen LogP contribution in [-0.2, 0) is 51.3 Å². The maximum atomic E-state index is 12.2. The molecule has 350 valence electrons. The first-order valence-corrected chi connectivity index (χ1v) is 26.9. The SMILES string of the molecule is CC1(C)C(/C=C/C2=C(c3ccc(C(=O)O)cc3)C(=C/C=C3\N(CCCCS(=O)(=O)O)c4ccc(S(=O)(=O)O)cc4C3(C)C)/CCC2)=[N+](CCCCS(=O)(=O)O)c2ccc(S(=O)(=O)O)cc21. The number of benzene rings is 3. The number of hydrogen-bond donors (Lipinski definition) is 5. The molecule has 0 radical (unpaired) electrons. The molecule has 2 aliphatic heterocycles. The summed E-state index contributed by atoms with van der Waals surface area (Å²) >= 11 is 0. The first-order valence-electron chi connectivity index (χ1n) is 20.8. The zero-order chi connectivity index (χ0) is 47.9. The Kier molecular flexibility index (Phi) is 14.1. The molecule has 0 unspecified atom stereocenters. The van der Waals surface area contributed by atoms with Crippen LogP contribution in [0, 0.1) is 0 Å². The van der Waals surface area contributed by atoms with E-state index in [1.165, 1.54) is 36.4 Å². The molecule has 3 aromatic carbocycles. The number of hydrogen-bond acceptors (Lipinski definition) is 10. The van der Waals surface area contributed by atoms with E-state index < -0.39 is 68.8 Å². The number of carbonyl (C=O) groups is 1. The Morgan fingerprint density at radius 1 is 0.692 bits per heavy atom. The second-order valence-electron chi connectivity index (χ2n) is 17.4. The van der Waals surface area contributed by atoms with E-state index in [-0.39, 0.29) is 28.2 Å². The first-order chi connectivity index (χ1) is 30.1. The van der Waals surface area contributed by atoms with Crippen molar-refractivity contribution in [2.45, 2.75) is 93.3 Å². The van der Waals surface area contributed by atoms with Gasteiger partial charge in [0.05, 0.1) is 32.3 Å². The average Bonchev–Trinajstić information content (AvgIpc) is 3.55. The zero-order valence-electron chi connectivity index (χ0n) is 36.3. The standard InChI is InChI=1S/C45H52N2O14S4/c1-44(2)36-28-34(64(56,57)58)18-20-38(36)46(24-5-7-26-62(50,51)52)40(44)22-16-30-10-9-11-31(42(30)32-12-14-33(15-13-32)43(48)49)17-23-41-45(3,4)37-29-35(65(59,60)61)19-21-39(37)47(41)25-6-8-27-63(53,54)55/h12-23,28-29H,5-11,24-27H2,1-4H3,(H4-,48,49,50,51,52,53,54,55,56,57,58,59,60,61)/p+1. The number of fused-ring (bicyclic) bond motifs is 2. The summed E-state index contributed by atoms with van der Waals surface area (Å²) in [5, 5.41) is 9.72. The third-order valence-corrected chi connectivity index (χ3v) is 15.5. The fourth-order valence-electron chi connectivity index (χ4n) is 8.99. The van der Waals surface area contributed by atoms with Gasteiger partial charge in [-0.25, -0.2) is 4.79 Å². The van der Waals surface area contributed by atoms with Crippen LogP contribution in [0.4, 0.5) is 11.4 Å². The highest BCUT2D eigenvalue weighted by molar-refractivity contribution is 7.86. The Labute approximate surface area is 380 Å². The molecule has 0 spiro atoms. The van der Waals surface area contributed by atoms with Gasteiger partial charge < -0.3 is 10.0 Å². The summed E-state index contributed by atoms with van der Waals surface area (Å²) in [4.78, 5) is 13.3. The number of unbranched alkanes of at least 4 members (excludes halogenated alkanes) is 2. The number of rotatable bonds is 17. The molecule has 3 aromatic rings. The highest BCUT2D eigenvalue weighted by Crippen LogP contribution is 2.49. The molecule has 3 aliphatic rings. The van der Waals surface area contributed by atoms with E-state index in [2.05, 4.69) is 0 Å². The molecule has 0 fully saturated rings. The summed E-state index contributed by atoms with van der Waals surface area (Å²) in [6.45, 7) is 8.26. The lowest BCUT2D eigenvalue weighted by Crippen LogP contribution is -2.28. The van der Waals surface area contributed by atoms with Crippen LogP contribution in [0.1, 0.15) is 99.7 Å². The van der Waals surface area contributed by atoms with Crippen molar-refractivity contribution < 1.29 is 66.4 Å². The third kappa shape index (κ3) is 11.3. The lowest BCUT2D eigenvalue weighted by Gasteiger charge is -2.28. The molecule has 6 rings (SSSR count). The van der Waals surface area contributed by atoms with Gasteiger partial charge in [-0.05, 0) is 129 Å². The fraction of sp³-hybridized carbons (Fsp3) is 0.378. The van der Waals surface area contributed by atoms with Gasteiger partial charge in [0.15, 0.2) is 5.71 Å². The van der Waals surface area contributed by atoms with Crippen LogP contribution >= 0.6 is 0 Å². The first kappa shape index (κ1) is 49.6. The summed E-state index contributed by atoms with van der Waals surface area (Å²) in [5.74, 6) is -1.97. The molecular formula is C45H53N2O14S4+. The number of carboxylic acids is 1. The summed E-state index contributed by atoms with van der Waals surface area (Å²) in [6, 6.07) is 15.1. The van der Waals surface area contributed by atoms with Crippen molar-refractivity contribution in [1.29, 1.82) is 0 Å². The molecule has 0 saturated heterocycles. The van der Waals surface area contributed by atoms with E-state index in [4.69, 9.17) is 0 Å². The van der Waals surface area contributed by atoms with Gasteiger partial charge in [0.25, 0.3) is 40.5 Å². The van der Waals surface area contributed by atoms with Gasteiger partial charge in [-0.2, -0.15) is 38.2 Å². The molecule has 0 atom stereocenters. The van der Waals surface area contributed by atoms with E-state index >= 15 is 0 Å². The van der Waals surface area contributed by atoms with Crippen LogP contribution in [0.3, 0.4) is 0 Å². The van der Waals surface area contributed by atoms with Gasteiger partial charge in [-0.15, -0.1) is 0 Å². The van der Waals surface area contributed by atoms with Gasteiger partial charge in [0, 0.05) is 47.5 Å². The van der Waals surface area contributed by atoms with Crippen LogP contribution < -0.4 is 4.90 Å². The molecule has 16 nitrogen and oxygen atoms in total. The van der Waals surface area contributed by atoms with Gasteiger partial charge in [-0.3, -0.25) is 18.2 Å². The lowest BCUT2D eigenvalue weighted by atomic mass is 9.79. The van der Waals surface area contributed by atoms with Crippen molar-refractivity contribution in [2.75, 3.05) is 29.5 Å². The van der Waals surface area contributed by atoms with Gasteiger partial charge in [-0.1, -0.05) is 38.1 Å². The molecule has 20 heteroatoms. The maximum absolute atomic E-state index is 12.2. The minimum absolute atomic E-state index is 0.0872. The Hall–Kier alpha value is -4.80. The van der Waals surface area contributed by atoms with Crippen LogP contribution in [0.15, 0.2) is 112 Å². The van der Waals surface area contributed by atoms with E-state index in [0.717, 1.165) is 33.7 Å². The van der Waals surface area contributed by atoms with Gasteiger partial charge in [0.1, 0.15) is 6.54 Å². The van der Waals surface area contributed by atoms with E-state index in [9.17, 15) is 61.8 Å². The largest absolute Gasteiger partial charge is 0.478 e. The number of carboxylic acid groups (broad SMARTS) is 1. The molecule has 2 heterocycles. The van der Waals surface area contributed by atoms with Crippen LogP contribution in [0.25, 0.3) is 5.57 Å². The Balaban J connectivity index is 1.49. The average molecular weight is 974 g/mol. The zero-order valence-corrected chi connectivity index (χ0v) is 39.6. The van der Waals surface area contributed by atoms with Crippen molar-refractivity contribution in [3.8, 4) is 0 Å². The molecule has 5 N–H and O–H groups in total. The highest BCUT2D eigenvalue weighted by atomic mass is 32.2. The minimum atomic E-state index is -4.55. The molecular weight excluding hydrogens is 921 g/mol. The topological polar surface area (TPSA) is 261 Å². The van der Waals surface area contributed by atoms with Gasteiger partial charge >= 0.3 is 5.97 Å². The summed E-state index contributed by atoms with van der Waals surface area (Å²) < 4.78 is 136. The lowest BCUT2D eigenvalue weighted by molar-refractivity contribution is -0.438. The second kappa shape index (κ2) is 18.5. The summed E-state index contributed by atoms with van der Waals surface area (Å²) in [7, 11) is -17.5. The quantitative estimate of drug-likeness (QED) is 0.0502. The molecule has 65 heavy (non-hydrogen) atoms. The van der Waals surface area contributed by atoms with Gasteiger partial charge in [0.2, 0.25) is 5.69 Å².